The third kappa shape index (κ3) is 3.70. The van der Waals surface area contributed by atoms with E-state index in [0.717, 1.165) is 12.8 Å². The second-order valence-electron chi connectivity index (χ2n) is 3.59. The van der Waals surface area contributed by atoms with Gasteiger partial charge in [0.1, 0.15) is 5.70 Å². The van der Waals surface area contributed by atoms with Crippen molar-refractivity contribution < 1.29 is 4.79 Å². The van der Waals surface area contributed by atoms with Gasteiger partial charge in [0, 0.05) is 19.3 Å². The fourth-order valence-electron chi connectivity index (χ4n) is 1.44. The highest BCUT2D eigenvalue weighted by molar-refractivity contribution is 6.13. The van der Waals surface area contributed by atoms with Crippen molar-refractivity contribution in [2.24, 2.45) is 0 Å². The van der Waals surface area contributed by atoms with E-state index in [2.05, 4.69) is 12.0 Å². The summed E-state index contributed by atoms with van der Waals surface area (Å²) in [4.78, 5) is 11.4. The predicted octanol–water partition coefficient (Wildman–Crippen LogP) is 2.89. The lowest BCUT2D eigenvalue weighted by molar-refractivity contribution is -0.112. The molecule has 0 saturated carbocycles. The van der Waals surface area contributed by atoms with E-state index in [9.17, 15) is 4.79 Å². The first-order valence-corrected chi connectivity index (χ1v) is 5.46. The molecule has 0 atom stereocenters. The van der Waals surface area contributed by atoms with Crippen LogP contribution in [0.25, 0.3) is 5.70 Å². The molecule has 1 heterocycles. The van der Waals surface area contributed by atoms with Gasteiger partial charge in [0.2, 0.25) is 0 Å². The van der Waals surface area contributed by atoms with Gasteiger partial charge in [0.25, 0.3) is 0 Å². The van der Waals surface area contributed by atoms with E-state index >= 15 is 0 Å². The zero-order valence-corrected chi connectivity index (χ0v) is 9.44. The first-order valence-electron chi connectivity index (χ1n) is 5.46. The average Bonchev–Trinajstić information content (AvgIpc) is 2.70. The lowest BCUT2D eigenvalue weighted by Crippen LogP contribution is -2.05. The third-order valence-electron chi connectivity index (χ3n) is 2.26. The van der Waals surface area contributed by atoms with Crippen LogP contribution in [0.4, 0.5) is 0 Å². The maximum Gasteiger partial charge on any atom is 0.177 e. The quantitative estimate of drug-likeness (QED) is 0.530. The number of rotatable bonds is 6. The van der Waals surface area contributed by atoms with Crippen molar-refractivity contribution in [3.05, 3.63) is 24.5 Å². The molecule has 0 radical (unpaired) electrons. The van der Waals surface area contributed by atoms with E-state index in [4.69, 9.17) is 0 Å². The third-order valence-corrected chi connectivity index (χ3v) is 2.26. The molecule has 0 fully saturated rings. The number of carbonyl (C=O) groups is 1. The van der Waals surface area contributed by atoms with Crippen molar-refractivity contribution >= 4 is 11.5 Å². The smallest absolute Gasteiger partial charge is 0.177 e. The average molecular weight is 206 g/mol. The Morgan fingerprint density at radius 2 is 2.27 bits per heavy atom. The SMILES string of the molecule is CCCCC/C=C(/C(C)=O)n1cccn1. The summed E-state index contributed by atoms with van der Waals surface area (Å²) in [7, 11) is 0. The number of hydrogen-bond donors (Lipinski definition) is 0. The molecule has 0 amide bonds. The summed E-state index contributed by atoms with van der Waals surface area (Å²) in [6.45, 7) is 3.75. The van der Waals surface area contributed by atoms with Gasteiger partial charge in [0.05, 0.1) is 0 Å². The molecule has 0 aliphatic heterocycles. The Hall–Kier alpha value is -1.38. The molecule has 0 unspecified atom stereocenters. The van der Waals surface area contributed by atoms with Crippen LogP contribution in [0.3, 0.4) is 0 Å². The molecule has 3 nitrogen and oxygen atoms in total. The lowest BCUT2D eigenvalue weighted by atomic mass is 10.1. The highest BCUT2D eigenvalue weighted by atomic mass is 16.1. The number of ketones is 1. The highest BCUT2D eigenvalue weighted by Crippen LogP contribution is 2.08. The molecule has 0 spiro atoms. The summed E-state index contributed by atoms with van der Waals surface area (Å²) < 4.78 is 1.63. The Morgan fingerprint density at radius 3 is 2.80 bits per heavy atom. The lowest BCUT2D eigenvalue weighted by Gasteiger charge is -2.03. The number of carbonyl (C=O) groups excluding carboxylic acids is 1. The Bertz CT molecular complexity index is 325. The van der Waals surface area contributed by atoms with E-state index in [1.54, 1.807) is 24.0 Å². The van der Waals surface area contributed by atoms with Crippen LogP contribution in [0.2, 0.25) is 0 Å². The molecule has 0 saturated heterocycles. The minimum absolute atomic E-state index is 0.0650. The summed E-state index contributed by atoms with van der Waals surface area (Å²) in [6.07, 6.45) is 9.95. The van der Waals surface area contributed by atoms with Crippen LogP contribution in [0.15, 0.2) is 24.5 Å². The van der Waals surface area contributed by atoms with Gasteiger partial charge in [-0.05, 0) is 18.9 Å². The Morgan fingerprint density at radius 1 is 1.47 bits per heavy atom. The van der Waals surface area contributed by atoms with Crippen LogP contribution < -0.4 is 0 Å². The topological polar surface area (TPSA) is 34.9 Å². The Labute approximate surface area is 90.8 Å². The second-order valence-corrected chi connectivity index (χ2v) is 3.59. The molecular weight excluding hydrogens is 188 g/mol. The van der Waals surface area contributed by atoms with Crippen molar-refractivity contribution in [2.45, 2.75) is 39.5 Å². The molecule has 0 aromatic carbocycles. The van der Waals surface area contributed by atoms with E-state index < -0.39 is 0 Å². The van der Waals surface area contributed by atoms with Crippen LogP contribution in [-0.4, -0.2) is 15.6 Å². The molecule has 0 N–H and O–H groups in total. The molecule has 0 aliphatic rings. The summed E-state index contributed by atoms with van der Waals surface area (Å²) in [6, 6.07) is 1.82. The van der Waals surface area contributed by atoms with Gasteiger partial charge in [-0.3, -0.25) is 4.79 Å². The number of hydrogen-bond acceptors (Lipinski definition) is 2. The minimum Gasteiger partial charge on any atom is -0.293 e. The molecule has 3 heteroatoms. The van der Waals surface area contributed by atoms with Crippen LogP contribution in [-0.2, 0) is 4.79 Å². The van der Waals surface area contributed by atoms with Crippen molar-refractivity contribution in [1.82, 2.24) is 9.78 Å². The molecule has 0 aliphatic carbocycles. The maximum atomic E-state index is 11.4. The highest BCUT2D eigenvalue weighted by Gasteiger charge is 2.05. The summed E-state index contributed by atoms with van der Waals surface area (Å²) >= 11 is 0. The van der Waals surface area contributed by atoms with Gasteiger partial charge < -0.3 is 0 Å². The van der Waals surface area contributed by atoms with Crippen LogP contribution in [0.1, 0.15) is 39.5 Å². The van der Waals surface area contributed by atoms with Crippen molar-refractivity contribution in [3.8, 4) is 0 Å². The van der Waals surface area contributed by atoms with Gasteiger partial charge >= 0.3 is 0 Å². The molecule has 1 aromatic rings. The molecule has 0 bridgehead atoms. The fraction of sp³-hybridized carbons (Fsp3) is 0.500. The van der Waals surface area contributed by atoms with Gasteiger partial charge in [-0.15, -0.1) is 0 Å². The Kier molecular flexibility index (Phi) is 4.81. The number of aromatic nitrogens is 2. The van der Waals surface area contributed by atoms with Gasteiger partial charge in [-0.1, -0.05) is 25.8 Å². The summed E-state index contributed by atoms with van der Waals surface area (Å²) in [5.74, 6) is 0.0650. The van der Waals surface area contributed by atoms with E-state index in [1.807, 2.05) is 12.1 Å². The van der Waals surface area contributed by atoms with Gasteiger partial charge in [0.15, 0.2) is 5.78 Å². The summed E-state index contributed by atoms with van der Waals surface area (Å²) in [5.41, 5.74) is 0.677. The minimum atomic E-state index is 0.0650. The van der Waals surface area contributed by atoms with Crippen LogP contribution in [0.5, 0.6) is 0 Å². The number of nitrogens with zero attached hydrogens (tertiary/aromatic N) is 2. The largest absolute Gasteiger partial charge is 0.293 e. The summed E-state index contributed by atoms with van der Waals surface area (Å²) in [5, 5.41) is 4.06. The first-order chi connectivity index (χ1) is 7.25. The normalized spacial score (nSPS) is 11.7. The monoisotopic (exact) mass is 206 g/mol. The first kappa shape index (κ1) is 11.7. The zero-order valence-electron chi connectivity index (χ0n) is 9.44. The van der Waals surface area contributed by atoms with Crippen molar-refractivity contribution in [1.29, 1.82) is 0 Å². The fourth-order valence-corrected chi connectivity index (χ4v) is 1.44. The zero-order chi connectivity index (χ0) is 11.1. The number of Topliss-reactive ketones (excluding diaryl/α,β-unsaturated/α-hetero) is 1. The molecule has 1 rings (SSSR count). The van der Waals surface area contributed by atoms with Gasteiger partial charge in [-0.25, -0.2) is 4.68 Å². The van der Waals surface area contributed by atoms with E-state index in [-0.39, 0.29) is 5.78 Å². The molecule has 15 heavy (non-hydrogen) atoms. The van der Waals surface area contributed by atoms with E-state index in [1.165, 1.54) is 12.8 Å². The molecule has 1 aromatic heterocycles. The molecular formula is C12H18N2O. The standard InChI is InChI=1S/C12H18N2O/c1-3-4-5-6-8-12(11(2)15)14-10-7-9-13-14/h7-10H,3-6H2,1-2H3/b12-8-. The van der Waals surface area contributed by atoms with Crippen LogP contribution in [0, 0.1) is 0 Å². The van der Waals surface area contributed by atoms with Gasteiger partial charge in [-0.2, -0.15) is 5.10 Å². The number of unbranched alkanes of at least 4 members (excludes halogenated alkanes) is 3. The Balaban J connectivity index is 2.63. The predicted molar refractivity (Wildman–Crippen MR) is 61.3 cm³/mol. The molecule has 82 valence electrons. The van der Waals surface area contributed by atoms with E-state index in [0.29, 0.717) is 5.70 Å². The maximum absolute atomic E-state index is 11.4. The van der Waals surface area contributed by atoms with Crippen molar-refractivity contribution in [2.75, 3.05) is 0 Å². The van der Waals surface area contributed by atoms with Crippen LogP contribution >= 0.6 is 0 Å². The second kappa shape index (κ2) is 6.17. The number of allylic oxidation sites excluding steroid dienone is 2. The van der Waals surface area contributed by atoms with Crippen molar-refractivity contribution in [3.63, 3.8) is 0 Å².